The smallest absolute Gasteiger partial charge is 0.250 e. The van der Waals surface area contributed by atoms with Gasteiger partial charge in [0, 0.05) is 29.4 Å². The van der Waals surface area contributed by atoms with Gasteiger partial charge in [0.1, 0.15) is 5.69 Å². The van der Waals surface area contributed by atoms with Crippen molar-refractivity contribution >= 4 is 5.82 Å². The van der Waals surface area contributed by atoms with E-state index in [4.69, 9.17) is 15.1 Å². The highest BCUT2D eigenvalue weighted by Gasteiger charge is 2.18. The van der Waals surface area contributed by atoms with Crippen LogP contribution in [0.4, 0.5) is 5.82 Å². The number of benzene rings is 1. The monoisotopic (exact) mass is 372 g/mol. The van der Waals surface area contributed by atoms with Gasteiger partial charge in [-0.05, 0) is 32.0 Å². The molecule has 6 heteroatoms. The highest BCUT2D eigenvalue weighted by Crippen LogP contribution is 2.34. The van der Waals surface area contributed by atoms with Crippen LogP contribution in [0.15, 0.2) is 76.3 Å². The van der Waals surface area contributed by atoms with Crippen molar-refractivity contribution in [2.24, 2.45) is 0 Å². The number of furan rings is 1. The Kier molecular flexibility index (Phi) is 4.53. The number of nitrogen functional groups attached to an aromatic ring is 1. The molecule has 0 bridgehead atoms. The number of hydrogen-bond acceptors (Lipinski definition) is 5. The molecule has 2 N–H and O–H groups in total. The van der Waals surface area contributed by atoms with Crippen molar-refractivity contribution in [3.63, 3.8) is 0 Å². The van der Waals surface area contributed by atoms with E-state index in [1.165, 1.54) is 0 Å². The first-order valence-electron chi connectivity index (χ1n) is 9.04. The first-order chi connectivity index (χ1) is 13.5. The number of rotatable bonds is 4. The Morgan fingerprint density at radius 1 is 0.893 bits per heavy atom. The SMILES string of the molecule is CC(C)n1cc(-c2nc(-c3ccco3)c(N)nc2-c2ccccc2)ccc1=O. The number of nitrogens with zero attached hydrogens (tertiary/aromatic N) is 3. The summed E-state index contributed by atoms with van der Waals surface area (Å²) in [6.07, 6.45) is 3.38. The van der Waals surface area contributed by atoms with E-state index in [1.807, 2.05) is 50.4 Å². The summed E-state index contributed by atoms with van der Waals surface area (Å²) in [5, 5.41) is 0. The van der Waals surface area contributed by atoms with Gasteiger partial charge in [-0.25, -0.2) is 9.97 Å². The fraction of sp³-hybridized carbons (Fsp3) is 0.136. The molecular weight excluding hydrogens is 352 g/mol. The molecule has 140 valence electrons. The van der Waals surface area contributed by atoms with Crippen LogP contribution >= 0.6 is 0 Å². The lowest BCUT2D eigenvalue weighted by molar-refractivity contribution is 0.578. The van der Waals surface area contributed by atoms with Crippen LogP contribution in [0.25, 0.3) is 34.0 Å². The molecule has 0 saturated heterocycles. The molecule has 4 rings (SSSR count). The zero-order valence-electron chi connectivity index (χ0n) is 15.7. The third kappa shape index (κ3) is 3.20. The van der Waals surface area contributed by atoms with Crippen molar-refractivity contribution in [3.8, 4) is 34.0 Å². The normalized spacial score (nSPS) is 11.1. The van der Waals surface area contributed by atoms with Gasteiger partial charge in [-0.1, -0.05) is 30.3 Å². The van der Waals surface area contributed by atoms with Crippen LogP contribution in [-0.4, -0.2) is 14.5 Å². The van der Waals surface area contributed by atoms with E-state index in [2.05, 4.69) is 4.98 Å². The van der Waals surface area contributed by atoms with Crippen molar-refractivity contribution in [1.82, 2.24) is 14.5 Å². The van der Waals surface area contributed by atoms with Crippen molar-refractivity contribution in [2.45, 2.75) is 19.9 Å². The molecule has 0 spiro atoms. The highest BCUT2D eigenvalue weighted by molar-refractivity contribution is 5.82. The Balaban J connectivity index is 2.00. The third-order valence-electron chi connectivity index (χ3n) is 4.49. The quantitative estimate of drug-likeness (QED) is 0.574. The second-order valence-corrected chi connectivity index (χ2v) is 6.76. The third-order valence-corrected chi connectivity index (χ3v) is 4.49. The molecule has 3 aromatic heterocycles. The summed E-state index contributed by atoms with van der Waals surface area (Å²) in [7, 11) is 0. The zero-order valence-corrected chi connectivity index (χ0v) is 15.7. The second-order valence-electron chi connectivity index (χ2n) is 6.76. The summed E-state index contributed by atoms with van der Waals surface area (Å²) < 4.78 is 7.16. The molecule has 0 amide bonds. The van der Waals surface area contributed by atoms with Crippen LogP contribution < -0.4 is 11.3 Å². The molecule has 3 heterocycles. The van der Waals surface area contributed by atoms with Gasteiger partial charge in [0.2, 0.25) is 0 Å². The molecule has 0 saturated carbocycles. The van der Waals surface area contributed by atoms with Gasteiger partial charge in [-0.2, -0.15) is 0 Å². The van der Waals surface area contributed by atoms with Crippen molar-refractivity contribution in [1.29, 1.82) is 0 Å². The number of hydrogen-bond donors (Lipinski definition) is 1. The van der Waals surface area contributed by atoms with Crippen LogP contribution in [0.1, 0.15) is 19.9 Å². The van der Waals surface area contributed by atoms with Gasteiger partial charge in [0.15, 0.2) is 11.6 Å². The molecule has 0 aliphatic heterocycles. The predicted octanol–water partition coefficient (Wildman–Crippen LogP) is 4.40. The minimum absolute atomic E-state index is 0.0268. The van der Waals surface area contributed by atoms with Gasteiger partial charge in [-0.3, -0.25) is 4.79 Å². The first-order valence-corrected chi connectivity index (χ1v) is 9.04. The Morgan fingerprint density at radius 3 is 2.32 bits per heavy atom. The molecule has 1 aromatic carbocycles. The highest BCUT2D eigenvalue weighted by atomic mass is 16.3. The maximum Gasteiger partial charge on any atom is 0.250 e. The molecule has 0 aliphatic rings. The molecule has 0 unspecified atom stereocenters. The second kappa shape index (κ2) is 7.15. The largest absolute Gasteiger partial charge is 0.463 e. The molecular formula is C22H20N4O2. The van der Waals surface area contributed by atoms with Crippen molar-refractivity contribution < 1.29 is 4.42 Å². The van der Waals surface area contributed by atoms with E-state index >= 15 is 0 Å². The summed E-state index contributed by atoms with van der Waals surface area (Å²) >= 11 is 0. The predicted molar refractivity (Wildman–Crippen MR) is 110 cm³/mol. The van der Waals surface area contributed by atoms with Gasteiger partial charge < -0.3 is 14.7 Å². The lowest BCUT2D eigenvalue weighted by Crippen LogP contribution is -2.20. The van der Waals surface area contributed by atoms with E-state index in [9.17, 15) is 4.79 Å². The molecule has 6 nitrogen and oxygen atoms in total. The summed E-state index contributed by atoms with van der Waals surface area (Å²) in [5.74, 6) is 0.831. The summed E-state index contributed by atoms with van der Waals surface area (Å²) in [6.45, 7) is 3.93. The zero-order chi connectivity index (χ0) is 19.7. The molecule has 0 radical (unpaired) electrons. The van der Waals surface area contributed by atoms with E-state index in [0.717, 1.165) is 11.1 Å². The topological polar surface area (TPSA) is 86.9 Å². The Morgan fingerprint density at radius 2 is 1.64 bits per heavy atom. The van der Waals surface area contributed by atoms with Gasteiger partial charge >= 0.3 is 0 Å². The summed E-state index contributed by atoms with van der Waals surface area (Å²) in [6, 6.07) is 16.6. The van der Waals surface area contributed by atoms with E-state index in [0.29, 0.717) is 22.8 Å². The fourth-order valence-corrected chi connectivity index (χ4v) is 3.09. The van der Waals surface area contributed by atoms with E-state index in [-0.39, 0.29) is 17.4 Å². The number of aromatic nitrogens is 3. The number of pyridine rings is 1. The van der Waals surface area contributed by atoms with E-state index in [1.54, 1.807) is 35.1 Å². The molecule has 4 aromatic rings. The Bertz CT molecular complexity index is 1160. The van der Waals surface area contributed by atoms with Crippen LogP contribution in [0.5, 0.6) is 0 Å². The van der Waals surface area contributed by atoms with Crippen LogP contribution in [-0.2, 0) is 0 Å². The molecule has 0 fully saturated rings. The first kappa shape index (κ1) is 17.7. The molecule has 0 aliphatic carbocycles. The van der Waals surface area contributed by atoms with Crippen LogP contribution in [0, 0.1) is 0 Å². The van der Waals surface area contributed by atoms with E-state index < -0.39 is 0 Å². The fourth-order valence-electron chi connectivity index (χ4n) is 3.09. The lowest BCUT2D eigenvalue weighted by atomic mass is 10.0. The van der Waals surface area contributed by atoms with Gasteiger partial charge in [0.05, 0.1) is 17.7 Å². The Hall–Kier alpha value is -3.67. The summed E-state index contributed by atoms with van der Waals surface area (Å²) in [4.78, 5) is 21.6. The number of nitrogens with two attached hydrogens (primary N) is 1. The Labute approximate surface area is 162 Å². The maximum atomic E-state index is 12.2. The average molecular weight is 372 g/mol. The molecule has 28 heavy (non-hydrogen) atoms. The van der Waals surface area contributed by atoms with Crippen molar-refractivity contribution in [2.75, 3.05) is 5.73 Å². The minimum atomic E-state index is -0.0605. The minimum Gasteiger partial charge on any atom is -0.463 e. The van der Waals surface area contributed by atoms with Gasteiger partial charge in [0.25, 0.3) is 5.56 Å². The van der Waals surface area contributed by atoms with Gasteiger partial charge in [-0.15, -0.1) is 0 Å². The summed E-state index contributed by atoms with van der Waals surface area (Å²) in [5.41, 5.74) is 9.60. The van der Waals surface area contributed by atoms with Crippen LogP contribution in [0.2, 0.25) is 0 Å². The van der Waals surface area contributed by atoms with Crippen LogP contribution in [0.3, 0.4) is 0 Å². The average Bonchev–Trinajstić information content (AvgIpc) is 3.23. The maximum absolute atomic E-state index is 12.2. The number of anilines is 1. The standard InChI is InChI=1S/C22H20N4O2/c1-14(2)26-13-16(10-11-18(26)27)20-19(15-7-4-3-5-8-15)25-22(23)21(24-20)17-9-6-12-28-17/h3-14H,1-2H3,(H2,23,25). The lowest BCUT2D eigenvalue weighted by Gasteiger charge is -2.15. The molecule has 0 atom stereocenters. The van der Waals surface area contributed by atoms with Crippen molar-refractivity contribution in [3.05, 3.63) is 77.4 Å².